The first-order valence-electron chi connectivity index (χ1n) is 3.44. The van der Waals surface area contributed by atoms with Crippen molar-refractivity contribution >= 4 is 35.0 Å². The molecular weight excluding hydrogens is 213 g/mol. The number of anilines is 1. The maximum atomic E-state index is 10.8. The van der Waals surface area contributed by atoms with Crippen LogP contribution in [-0.2, 0) is 4.74 Å². The number of carbonyl (C=O) groups is 1. The number of methoxy groups -OCH3 is 1. The quantitative estimate of drug-likeness (QED) is 0.789. The summed E-state index contributed by atoms with van der Waals surface area (Å²) >= 11 is 11.5. The molecule has 0 spiro atoms. The Balaban J connectivity index is 2.89. The Kier molecular flexibility index (Phi) is 3.39. The van der Waals surface area contributed by atoms with E-state index in [4.69, 9.17) is 23.2 Å². The lowest BCUT2D eigenvalue weighted by atomic mass is 10.3. The summed E-state index contributed by atoms with van der Waals surface area (Å²) in [5.74, 6) is 0. The first-order valence-corrected chi connectivity index (χ1v) is 4.19. The molecule has 0 saturated heterocycles. The van der Waals surface area contributed by atoms with Crippen molar-refractivity contribution in [2.75, 3.05) is 12.4 Å². The van der Waals surface area contributed by atoms with E-state index in [0.717, 1.165) is 0 Å². The van der Waals surface area contributed by atoms with Crippen molar-refractivity contribution in [3.05, 3.63) is 28.2 Å². The molecule has 0 radical (unpaired) electrons. The van der Waals surface area contributed by atoms with Crippen LogP contribution in [0.5, 0.6) is 0 Å². The van der Waals surface area contributed by atoms with Crippen molar-refractivity contribution < 1.29 is 9.53 Å². The molecule has 0 bridgehead atoms. The molecule has 1 aromatic carbocycles. The number of amides is 1. The Hall–Kier alpha value is -0.930. The molecule has 0 unspecified atom stereocenters. The lowest BCUT2D eigenvalue weighted by Crippen LogP contribution is -2.11. The molecule has 0 aliphatic rings. The fourth-order valence-electron chi connectivity index (χ4n) is 0.761. The van der Waals surface area contributed by atoms with Crippen molar-refractivity contribution in [1.82, 2.24) is 0 Å². The fraction of sp³-hybridized carbons (Fsp3) is 0.125. The number of rotatable bonds is 1. The van der Waals surface area contributed by atoms with Gasteiger partial charge >= 0.3 is 6.09 Å². The van der Waals surface area contributed by atoms with E-state index in [1.54, 1.807) is 18.2 Å². The zero-order valence-electron chi connectivity index (χ0n) is 6.80. The summed E-state index contributed by atoms with van der Waals surface area (Å²) in [4.78, 5) is 10.8. The molecule has 1 aromatic rings. The average molecular weight is 220 g/mol. The molecule has 0 aliphatic carbocycles. The predicted molar refractivity (Wildman–Crippen MR) is 52.5 cm³/mol. The molecule has 0 heterocycles. The van der Waals surface area contributed by atoms with Crippen molar-refractivity contribution in [3.63, 3.8) is 0 Å². The summed E-state index contributed by atoms with van der Waals surface area (Å²) in [5, 5.41) is 3.11. The molecule has 1 N–H and O–H groups in total. The average Bonchev–Trinajstić information content (AvgIpc) is 2.13. The Bertz CT molecular complexity index is 328. The summed E-state index contributed by atoms with van der Waals surface area (Å²) in [6, 6.07) is 4.94. The second kappa shape index (κ2) is 4.35. The van der Waals surface area contributed by atoms with Crippen LogP contribution in [-0.4, -0.2) is 13.2 Å². The molecule has 70 valence electrons. The fourth-order valence-corrected chi connectivity index (χ4v) is 1.11. The number of ether oxygens (including phenoxy) is 1. The number of nitrogens with one attached hydrogen (secondary N) is 1. The highest BCUT2D eigenvalue weighted by molar-refractivity contribution is 6.43. The molecule has 0 saturated carbocycles. The van der Waals surface area contributed by atoms with Gasteiger partial charge in [0.25, 0.3) is 0 Å². The highest BCUT2D eigenvalue weighted by atomic mass is 35.5. The van der Waals surface area contributed by atoms with Crippen LogP contribution < -0.4 is 5.32 Å². The third kappa shape index (κ3) is 2.50. The van der Waals surface area contributed by atoms with Gasteiger partial charge in [-0.25, -0.2) is 4.79 Å². The summed E-state index contributed by atoms with van der Waals surface area (Å²) in [5.41, 5.74) is 0.431. The number of halogens is 2. The first kappa shape index (κ1) is 10.2. The number of carbonyl (C=O) groups excluding carboxylic acids is 1. The van der Waals surface area contributed by atoms with Crippen molar-refractivity contribution in [1.29, 1.82) is 0 Å². The minimum atomic E-state index is -0.579. The second-order valence-corrected chi connectivity index (χ2v) is 3.00. The van der Waals surface area contributed by atoms with Gasteiger partial charge < -0.3 is 4.74 Å². The standard InChI is InChI=1S/C8H7Cl2NO2/c1-13-8(12)11-6-4-2-3-5(9)7(6)10/h2-4H,1H3,(H,11,12). The summed E-state index contributed by atoms with van der Waals surface area (Å²) in [7, 11) is 1.27. The SMILES string of the molecule is COC(=O)Nc1cccc(Cl)c1Cl. The summed E-state index contributed by atoms with van der Waals surface area (Å²) in [6.45, 7) is 0. The van der Waals surface area contributed by atoms with Gasteiger partial charge in [-0.05, 0) is 12.1 Å². The van der Waals surface area contributed by atoms with Crippen LogP contribution in [0.4, 0.5) is 10.5 Å². The molecule has 13 heavy (non-hydrogen) atoms. The molecule has 1 amide bonds. The van der Waals surface area contributed by atoms with Crippen LogP contribution in [0.2, 0.25) is 10.0 Å². The van der Waals surface area contributed by atoms with E-state index >= 15 is 0 Å². The molecule has 5 heteroatoms. The zero-order chi connectivity index (χ0) is 9.84. The minimum Gasteiger partial charge on any atom is -0.453 e. The second-order valence-electron chi connectivity index (χ2n) is 2.22. The van der Waals surface area contributed by atoms with Gasteiger partial charge in [-0.2, -0.15) is 0 Å². The molecule has 0 fully saturated rings. The van der Waals surface area contributed by atoms with Crippen LogP contribution in [0.3, 0.4) is 0 Å². The monoisotopic (exact) mass is 219 g/mol. The van der Waals surface area contributed by atoms with Gasteiger partial charge in [-0.15, -0.1) is 0 Å². The van der Waals surface area contributed by atoms with E-state index in [1.807, 2.05) is 0 Å². The highest BCUT2D eigenvalue weighted by Crippen LogP contribution is 2.29. The predicted octanol–water partition coefficient (Wildman–Crippen LogP) is 3.17. The van der Waals surface area contributed by atoms with Crippen molar-refractivity contribution in [2.24, 2.45) is 0 Å². The third-order valence-electron chi connectivity index (χ3n) is 1.37. The molecule has 0 aliphatic heterocycles. The van der Waals surface area contributed by atoms with Gasteiger partial charge in [0.2, 0.25) is 0 Å². The number of hydrogen-bond donors (Lipinski definition) is 1. The summed E-state index contributed by atoms with van der Waals surface area (Å²) < 4.78 is 4.40. The Morgan fingerprint density at radius 2 is 2.15 bits per heavy atom. The Labute approximate surface area is 85.6 Å². The van der Waals surface area contributed by atoms with Crippen LogP contribution >= 0.6 is 23.2 Å². The van der Waals surface area contributed by atoms with Crippen LogP contribution in [0, 0.1) is 0 Å². The van der Waals surface area contributed by atoms with E-state index in [1.165, 1.54) is 7.11 Å². The maximum Gasteiger partial charge on any atom is 0.411 e. The maximum absolute atomic E-state index is 10.8. The number of hydrogen-bond acceptors (Lipinski definition) is 2. The molecule has 0 atom stereocenters. The van der Waals surface area contributed by atoms with Gasteiger partial charge in [0.1, 0.15) is 0 Å². The van der Waals surface area contributed by atoms with Gasteiger partial charge in [0, 0.05) is 0 Å². The van der Waals surface area contributed by atoms with Crippen molar-refractivity contribution in [3.8, 4) is 0 Å². The van der Waals surface area contributed by atoms with Gasteiger partial charge in [0.15, 0.2) is 0 Å². The first-order chi connectivity index (χ1) is 6.15. The molecule has 0 aromatic heterocycles. The van der Waals surface area contributed by atoms with Gasteiger partial charge in [0.05, 0.1) is 22.8 Å². The van der Waals surface area contributed by atoms with Gasteiger partial charge in [-0.3, -0.25) is 5.32 Å². The highest BCUT2D eigenvalue weighted by Gasteiger charge is 2.06. The van der Waals surface area contributed by atoms with Crippen molar-refractivity contribution in [2.45, 2.75) is 0 Å². The minimum absolute atomic E-state index is 0.301. The lowest BCUT2D eigenvalue weighted by Gasteiger charge is -2.05. The van der Waals surface area contributed by atoms with E-state index in [-0.39, 0.29) is 0 Å². The van der Waals surface area contributed by atoms with E-state index in [9.17, 15) is 4.79 Å². The van der Waals surface area contributed by atoms with Gasteiger partial charge in [-0.1, -0.05) is 29.3 Å². The molecule has 3 nitrogen and oxygen atoms in total. The number of benzene rings is 1. The molecular formula is C8H7Cl2NO2. The summed E-state index contributed by atoms with van der Waals surface area (Å²) in [6.07, 6.45) is -0.579. The third-order valence-corrected chi connectivity index (χ3v) is 2.19. The van der Waals surface area contributed by atoms with E-state index in [0.29, 0.717) is 15.7 Å². The topological polar surface area (TPSA) is 38.3 Å². The smallest absolute Gasteiger partial charge is 0.411 e. The van der Waals surface area contributed by atoms with Crippen LogP contribution in [0.25, 0.3) is 0 Å². The van der Waals surface area contributed by atoms with E-state index in [2.05, 4.69) is 10.1 Å². The van der Waals surface area contributed by atoms with E-state index < -0.39 is 6.09 Å². The Morgan fingerprint density at radius 1 is 1.46 bits per heavy atom. The molecule has 1 rings (SSSR count). The Morgan fingerprint density at radius 3 is 2.77 bits per heavy atom. The largest absolute Gasteiger partial charge is 0.453 e. The zero-order valence-corrected chi connectivity index (χ0v) is 8.32. The lowest BCUT2D eigenvalue weighted by molar-refractivity contribution is 0.187. The normalized spacial score (nSPS) is 9.46. The van der Waals surface area contributed by atoms with Crippen LogP contribution in [0.1, 0.15) is 0 Å². The van der Waals surface area contributed by atoms with Crippen LogP contribution in [0.15, 0.2) is 18.2 Å².